The van der Waals surface area contributed by atoms with E-state index in [1.165, 1.54) is 98.1 Å². The minimum absolute atomic E-state index is 1.10. The minimum Gasteiger partial charge on any atom is -0.316 e. The van der Waals surface area contributed by atoms with Gasteiger partial charge < -0.3 is 27.4 Å². The molecule has 336 valence electrons. The quantitative estimate of drug-likeness (QED) is 0.159. The van der Waals surface area contributed by atoms with E-state index in [4.69, 9.17) is 0 Å². The van der Waals surface area contributed by atoms with E-state index in [0.717, 1.165) is 34.1 Å². The molecule has 16 rings (SSSR count). The largest absolute Gasteiger partial charge is 0.316 e. The summed E-state index contributed by atoms with van der Waals surface area (Å²) >= 11 is 0. The Hall–Kier alpha value is -9.78. The molecule has 0 aliphatic heterocycles. The molecule has 0 amide bonds. The molecular formula is C66H42N6. The van der Waals surface area contributed by atoms with Gasteiger partial charge in [0, 0.05) is 101 Å². The maximum atomic E-state index is 2.38. The van der Waals surface area contributed by atoms with Crippen molar-refractivity contribution in [1.82, 2.24) is 27.4 Å². The fourth-order valence-electron chi connectivity index (χ4n) is 12.2. The van der Waals surface area contributed by atoms with Crippen LogP contribution in [-0.2, 0) is 0 Å². The Balaban J connectivity index is 0.878. The van der Waals surface area contributed by atoms with E-state index in [2.05, 4.69) is 283 Å². The van der Waals surface area contributed by atoms with Crippen LogP contribution in [0.2, 0.25) is 0 Å². The Kier molecular flexibility index (Phi) is 8.07. The van der Waals surface area contributed by atoms with E-state index in [1.54, 1.807) is 0 Å². The first-order valence-electron chi connectivity index (χ1n) is 24.7. The van der Waals surface area contributed by atoms with Gasteiger partial charge in [0.05, 0.1) is 49.7 Å². The van der Waals surface area contributed by atoms with Crippen LogP contribution in [0.4, 0.5) is 0 Å². The molecule has 0 N–H and O–H groups in total. The zero-order valence-corrected chi connectivity index (χ0v) is 38.9. The first kappa shape index (κ1) is 39.1. The molecule has 0 saturated carbocycles. The summed E-state index contributed by atoms with van der Waals surface area (Å²) in [6.45, 7) is 0. The van der Waals surface area contributed by atoms with E-state index >= 15 is 0 Å². The third-order valence-electron chi connectivity index (χ3n) is 15.3. The van der Waals surface area contributed by atoms with E-state index in [-0.39, 0.29) is 0 Å². The first-order chi connectivity index (χ1) is 35.7. The van der Waals surface area contributed by atoms with Gasteiger partial charge in [0.25, 0.3) is 0 Å². The number of rotatable bonds is 6. The van der Waals surface area contributed by atoms with Crippen molar-refractivity contribution in [3.05, 3.63) is 255 Å². The molecule has 0 fully saturated rings. The van der Waals surface area contributed by atoms with Gasteiger partial charge >= 0.3 is 0 Å². The molecule has 0 aliphatic carbocycles. The van der Waals surface area contributed by atoms with Gasteiger partial charge in [-0.1, -0.05) is 109 Å². The Labute approximate surface area is 412 Å². The van der Waals surface area contributed by atoms with Gasteiger partial charge in [-0.2, -0.15) is 0 Å². The van der Waals surface area contributed by atoms with Crippen molar-refractivity contribution in [2.45, 2.75) is 0 Å². The number of benzene rings is 10. The molecule has 0 atom stereocenters. The predicted octanol–water partition coefficient (Wildman–Crippen LogP) is 16.8. The van der Waals surface area contributed by atoms with Crippen LogP contribution in [-0.4, -0.2) is 27.4 Å². The Morgan fingerprint density at radius 2 is 0.361 bits per heavy atom. The third kappa shape index (κ3) is 5.43. The first-order valence-corrected chi connectivity index (χ1v) is 24.7. The highest BCUT2D eigenvalue weighted by atomic mass is 15.0. The lowest BCUT2D eigenvalue weighted by Crippen LogP contribution is -1.99. The van der Waals surface area contributed by atoms with Gasteiger partial charge in [0.15, 0.2) is 0 Å². The molecule has 0 saturated heterocycles. The second-order valence-corrected chi connectivity index (χ2v) is 19.0. The van der Waals surface area contributed by atoms with Crippen molar-refractivity contribution in [3.8, 4) is 34.1 Å². The molecule has 6 heteroatoms. The number of hydrogen-bond acceptors (Lipinski definition) is 0. The fourth-order valence-corrected chi connectivity index (χ4v) is 12.2. The summed E-state index contributed by atoms with van der Waals surface area (Å²) in [4.78, 5) is 0. The Morgan fingerprint density at radius 1 is 0.167 bits per heavy atom. The van der Waals surface area contributed by atoms with Crippen LogP contribution in [0.3, 0.4) is 0 Å². The lowest BCUT2D eigenvalue weighted by atomic mass is 10.1. The monoisotopic (exact) mass is 918 g/mol. The van der Waals surface area contributed by atoms with Gasteiger partial charge in [0.2, 0.25) is 0 Å². The van der Waals surface area contributed by atoms with Gasteiger partial charge in [0.1, 0.15) is 0 Å². The fraction of sp³-hybridized carbons (Fsp3) is 0. The van der Waals surface area contributed by atoms with E-state index in [1.807, 2.05) is 0 Å². The number of aromatic nitrogens is 6. The molecule has 0 unspecified atom stereocenters. The van der Waals surface area contributed by atoms with E-state index < -0.39 is 0 Å². The summed E-state index contributed by atoms with van der Waals surface area (Å²) in [6, 6.07) is 86.4. The topological polar surface area (TPSA) is 29.6 Å². The van der Waals surface area contributed by atoms with Crippen LogP contribution >= 0.6 is 0 Å². The lowest BCUT2D eigenvalue weighted by molar-refractivity contribution is 1.11. The maximum Gasteiger partial charge on any atom is 0.0643 e. The summed E-state index contributed by atoms with van der Waals surface area (Å²) in [5.74, 6) is 0. The van der Waals surface area contributed by atoms with Crippen LogP contribution < -0.4 is 0 Å². The van der Waals surface area contributed by atoms with Crippen molar-refractivity contribution in [3.63, 3.8) is 0 Å². The third-order valence-corrected chi connectivity index (χ3v) is 15.3. The van der Waals surface area contributed by atoms with E-state index in [9.17, 15) is 0 Å². The van der Waals surface area contributed by atoms with Crippen molar-refractivity contribution in [2.75, 3.05) is 0 Å². The minimum atomic E-state index is 1.10. The number of nitrogens with zero attached hydrogens (tertiary/aromatic N) is 6. The van der Waals surface area contributed by atoms with Crippen LogP contribution in [0, 0.1) is 0 Å². The summed E-state index contributed by atoms with van der Waals surface area (Å²) in [7, 11) is 0. The highest BCUT2D eigenvalue weighted by Gasteiger charge is 2.22. The number of para-hydroxylation sites is 6. The molecular weight excluding hydrogens is 877 g/mol. The van der Waals surface area contributed by atoms with Crippen LogP contribution in [0.25, 0.3) is 132 Å². The summed E-state index contributed by atoms with van der Waals surface area (Å²) in [5.41, 5.74) is 17.4. The smallest absolute Gasteiger partial charge is 0.0643 e. The Morgan fingerprint density at radius 3 is 0.583 bits per heavy atom. The Bertz CT molecular complexity index is 4160. The lowest BCUT2D eigenvalue weighted by Gasteiger charge is -2.14. The van der Waals surface area contributed by atoms with Gasteiger partial charge in [-0.05, 0) is 127 Å². The average Bonchev–Trinajstić information content (AvgIpc) is 4.32. The number of hydrogen-bond donors (Lipinski definition) is 0. The molecule has 0 aliphatic rings. The van der Waals surface area contributed by atoms with Gasteiger partial charge in [-0.25, -0.2) is 0 Å². The van der Waals surface area contributed by atoms with Crippen LogP contribution in [0.5, 0.6) is 0 Å². The second-order valence-electron chi connectivity index (χ2n) is 19.0. The molecule has 6 aromatic heterocycles. The van der Waals surface area contributed by atoms with Gasteiger partial charge in [-0.3, -0.25) is 0 Å². The molecule has 72 heavy (non-hydrogen) atoms. The maximum absolute atomic E-state index is 2.38. The molecule has 16 aromatic rings. The second kappa shape index (κ2) is 14.9. The van der Waals surface area contributed by atoms with E-state index in [0.29, 0.717) is 0 Å². The molecule has 6 heterocycles. The van der Waals surface area contributed by atoms with Crippen molar-refractivity contribution in [2.24, 2.45) is 0 Å². The summed E-state index contributed by atoms with van der Waals surface area (Å²) < 4.78 is 14.3. The van der Waals surface area contributed by atoms with Crippen LogP contribution in [0.15, 0.2) is 255 Å². The highest BCUT2D eigenvalue weighted by molar-refractivity contribution is 6.24. The number of fused-ring (bicyclic) bond motifs is 15. The average molecular weight is 919 g/mol. The SMILES string of the molecule is c1ccc2c(c1)c1ccccc1n2-c1ccc(-n2ccc3c2c2ccn(-c4ccc(-n5c6ccccc6c6ccccc65)cc4)c2c2ccn(-c4ccc(-n5c6ccccc6c6ccccc65)cc4)c32)cc1. The summed E-state index contributed by atoms with van der Waals surface area (Å²) in [6.07, 6.45) is 6.75. The summed E-state index contributed by atoms with van der Waals surface area (Å²) in [5, 5.41) is 11.1. The predicted molar refractivity (Wildman–Crippen MR) is 300 cm³/mol. The molecule has 10 aromatic carbocycles. The normalized spacial score (nSPS) is 12.2. The van der Waals surface area contributed by atoms with Crippen molar-refractivity contribution >= 4 is 98.1 Å². The standard InChI is InChI=1S/C66H42N6/c1-7-19-58-49(13-1)50-14-2-8-20-59(50)70(58)46-31-25-43(26-32-46)67-40-37-55-64(67)56-38-41-68(44-27-33-47(34-28-44)71-60-21-9-3-15-51(60)52-16-4-10-22-61(52)71)66(56)57-39-42-69(65(55)57)45-29-35-48(36-30-45)72-62-23-11-5-17-53(62)54-18-6-12-24-63(54)72/h1-42H. The van der Waals surface area contributed by atoms with Gasteiger partial charge in [-0.15, -0.1) is 0 Å². The zero-order chi connectivity index (χ0) is 47.0. The molecule has 0 spiro atoms. The van der Waals surface area contributed by atoms with Crippen LogP contribution in [0.1, 0.15) is 0 Å². The molecule has 6 nitrogen and oxygen atoms in total. The van der Waals surface area contributed by atoms with Crippen molar-refractivity contribution in [1.29, 1.82) is 0 Å². The van der Waals surface area contributed by atoms with Crippen molar-refractivity contribution < 1.29 is 0 Å². The highest BCUT2D eigenvalue weighted by Crippen LogP contribution is 2.42. The zero-order valence-electron chi connectivity index (χ0n) is 38.9. The molecule has 0 radical (unpaired) electrons. The molecule has 0 bridgehead atoms.